The monoisotopic (exact) mass is 244 g/mol. The second kappa shape index (κ2) is 13.5. The van der Waals surface area contributed by atoms with Crippen molar-refractivity contribution in [3.8, 4) is 0 Å². The molecular weight excluding hydrogens is 211 g/mol. The number of hydrogen-bond acceptors (Lipinski definition) is 0. The quantitative estimate of drug-likeness (QED) is 0.300. The topological polar surface area (TPSA) is 0 Å². The van der Waals surface area contributed by atoms with Gasteiger partial charge in [-0.1, -0.05) is 78.1 Å². The van der Waals surface area contributed by atoms with Crippen LogP contribution in [0.4, 0.5) is 0 Å². The van der Waals surface area contributed by atoms with E-state index in [2.05, 4.69) is 23.1 Å². The van der Waals surface area contributed by atoms with Gasteiger partial charge < -0.3 is 0 Å². The van der Waals surface area contributed by atoms with E-state index >= 15 is 0 Å². The molecule has 0 spiro atoms. The maximum Gasteiger partial charge on any atom is -0.0378 e. The Morgan fingerprint density at radius 2 is 1.31 bits per heavy atom. The van der Waals surface area contributed by atoms with Crippen molar-refractivity contribution in [1.82, 2.24) is 0 Å². The molecule has 0 aliphatic carbocycles. The Balaban J connectivity index is 3.25. The van der Waals surface area contributed by atoms with Crippen LogP contribution in [-0.4, -0.2) is 6.16 Å². The molecule has 0 rings (SSSR count). The lowest BCUT2D eigenvalue weighted by Gasteiger charge is -2.14. The Kier molecular flexibility index (Phi) is 13.9. The summed E-state index contributed by atoms with van der Waals surface area (Å²) in [5.74, 6) is 1.01. The minimum absolute atomic E-state index is 1.01. The van der Waals surface area contributed by atoms with Gasteiger partial charge in [0.1, 0.15) is 0 Å². The lowest BCUT2D eigenvalue weighted by molar-refractivity contribution is 0.410. The van der Waals surface area contributed by atoms with Gasteiger partial charge in [0, 0.05) is 0 Å². The minimum Gasteiger partial charge on any atom is -0.138 e. The van der Waals surface area contributed by atoms with Crippen LogP contribution in [0.3, 0.4) is 0 Å². The highest BCUT2D eigenvalue weighted by Crippen LogP contribution is 2.20. The first-order chi connectivity index (χ1) is 7.85. The van der Waals surface area contributed by atoms with Crippen LogP contribution in [0.15, 0.2) is 0 Å². The fraction of sp³-hybridized carbons (Fsp3) is 1.00. The lowest BCUT2D eigenvalue weighted by atomic mass is 9.94. The highest BCUT2D eigenvalue weighted by Gasteiger charge is 2.05. The molecule has 0 N–H and O–H groups in total. The van der Waals surface area contributed by atoms with Crippen LogP contribution in [0, 0.1) is 5.92 Å². The average molecular weight is 244 g/mol. The Morgan fingerprint density at radius 3 is 1.88 bits per heavy atom. The van der Waals surface area contributed by atoms with Crippen molar-refractivity contribution in [2.75, 3.05) is 6.16 Å². The standard InChI is InChI=1S/C15H33P/c1-3-5-6-7-8-9-10-12-15(11-4-2)13-14-16/h15H,3-14,16H2,1-2H3. The van der Waals surface area contributed by atoms with Crippen LogP contribution < -0.4 is 0 Å². The van der Waals surface area contributed by atoms with Crippen LogP contribution in [0.2, 0.25) is 0 Å². The molecule has 0 fully saturated rings. The summed E-state index contributed by atoms with van der Waals surface area (Å²) >= 11 is 0. The maximum absolute atomic E-state index is 2.88. The predicted molar refractivity (Wildman–Crippen MR) is 80.2 cm³/mol. The van der Waals surface area contributed by atoms with Crippen LogP contribution in [0.5, 0.6) is 0 Å². The first kappa shape index (κ1) is 16.4. The second-order valence-electron chi connectivity index (χ2n) is 5.14. The fourth-order valence-electron chi connectivity index (χ4n) is 2.47. The molecule has 0 radical (unpaired) electrons. The number of hydrogen-bond donors (Lipinski definition) is 0. The molecule has 2 unspecified atom stereocenters. The summed E-state index contributed by atoms with van der Waals surface area (Å²) in [4.78, 5) is 0. The Bertz CT molecular complexity index is 117. The molecule has 0 aromatic rings. The van der Waals surface area contributed by atoms with Crippen molar-refractivity contribution in [3.63, 3.8) is 0 Å². The summed E-state index contributed by atoms with van der Waals surface area (Å²) in [7, 11) is 2.88. The minimum atomic E-state index is 1.01. The van der Waals surface area contributed by atoms with Gasteiger partial charge in [-0.15, -0.1) is 9.24 Å². The molecule has 0 aromatic heterocycles. The molecule has 98 valence electrons. The van der Waals surface area contributed by atoms with E-state index in [1.165, 1.54) is 76.8 Å². The Labute approximate surface area is 106 Å². The zero-order valence-electron chi connectivity index (χ0n) is 11.6. The molecule has 0 amide bonds. The summed E-state index contributed by atoms with van der Waals surface area (Å²) in [5.41, 5.74) is 0. The normalized spacial score (nSPS) is 12.9. The van der Waals surface area contributed by atoms with Crippen LogP contribution >= 0.6 is 9.24 Å². The third kappa shape index (κ3) is 10.9. The lowest BCUT2D eigenvalue weighted by Crippen LogP contribution is -2.01. The van der Waals surface area contributed by atoms with Crippen LogP contribution in [-0.2, 0) is 0 Å². The maximum atomic E-state index is 2.88. The third-order valence-electron chi connectivity index (χ3n) is 3.49. The van der Waals surface area contributed by atoms with Crippen LogP contribution in [0.25, 0.3) is 0 Å². The molecule has 1 heteroatoms. The molecule has 0 aliphatic heterocycles. The van der Waals surface area contributed by atoms with Gasteiger partial charge in [-0.25, -0.2) is 0 Å². The van der Waals surface area contributed by atoms with Crippen molar-refractivity contribution in [2.45, 2.75) is 84.5 Å². The molecule has 0 saturated heterocycles. The summed E-state index contributed by atoms with van der Waals surface area (Å²) in [6.07, 6.45) is 17.2. The highest BCUT2D eigenvalue weighted by atomic mass is 31.0. The van der Waals surface area contributed by atoms with Gasteiger partial charge in [-0.3, -0.25) is 0 Å². The van der Waals surface area contributed by atoms with Crippen molar-refractivity contribution in [2.24, 2.45) is 5.92 Å². The molecule has 0 aliphatic rings. The van der Waals surface area contributed by atoms with Crippen molar-refractivity contribution in [1.29, 1.82) is 0 Å². The van der Waals surface area contributed by atoms with Gasteiger partial charge in [0.05, 0.1) is 0 Å². The number of unbranched alkanes of at least 4 members (excludes halogenated alkanes) is 6. The molecule has 0 saturated carbocycles. The first-order valence-corrected chi connectivity index (χ1v) is 8.36. The largest absolute Gasteiger partial charge is 0.138 e. The van der Waals surface area contributed by atoms with Gasteiger partial charge in [-0.05, 0) is 18.5 Å². The molecule has 0 bridgehead atoms. The average Bonchev–Trinajstić information content (AvgIpc) is 2.28. The van der Waals surface area contributed by atoms with E-state index in [9.17, 15) is 0 Å². The summed E-state index contributed by atoms with van der Waals surface area (Å²) < 4.78 is 0. The van der Waals surface area contributed by atoms with Crippen LogP contribution in [0.1, 0.15) is 84.5 Å². The van der Waals surface area contributed by atoms with Crippen molar-refractivity contribution < 1.29 is 0 Å². The molecule has 0 nitrogen and oxygen atoms in total. The number of rotatable bonds is 12. The Hall–Kier alpha value is 0.430. The molecule has 0 heterocycles. The van der Waals surface area contributed by atoms with E-state index in [1.54, 1.807) is 0 Å². The van der Waals surface area contributed by atoms with E-state index in [0.717, 1.165) is 5.92 Å². The smallest absolute Gasteiger partial charge is 0.0378 e. The zero-order valence-corrected chi connectivity index (χ0v) is 12.8. The SMILES string of the molecule is CCCCCCCCCC(CCC)CCP. The highest BCUT2D eigenvalue weighted by molar-refractivity contribution is 7.16. The van der Waals surface area contributed by atoms with E-state index in [4.69, 9.17) is 0 Å². The van der Waals surface area contributed by atoms with Gasteiger partial charge in [-0.2, -0.15) is 0 Å². The fourth-order valence-corrected chi connectivity index (χ4v) is 2.94. The first-order valence-electron chi connectivity index (χ1n) is 7.55. The second-order valence-corrected chi connectivity index (χ2v) is 5.72. The van der Waals surface area contributed by atoms with Gasteiger partial charge in [0.25, 0.3) is 0 Å². The Morgan fingerprint density at radius 1 is 0.688 bits per heavy atom. The van der Waals surface area contributed by atoms with Gasteiger partial charge in [0.15, 0.2) is 0 Å². The molecule has 2 atom stereocenters. The molecular formula is C15H33P. The van der Waals surface area contributed by atoms with Gasteiger partial charge >= 0.3 is 0 Å². The zero-order chi connectivity index (χ0) is 12.1. The van der Waals surface area contributed by atoms with Gasteiger partial charge in [0.2, 0.25) is 0 Å². The van der Waals surface area contributed by atoms with E-state index < -0.39 is 0 Å². The van der Waals surface area contributed by atoms with E-state index in [-0.39, 0.29) is 0 Å². The van der Waals surface area contributed by atoms with E-state index in [0.29, 0.717) is 0 Å². The van der Waals surface area contributed by atoms with Crippen molar-refractivity contribution in [3.05, 3.63) is 0 Å². The third-order valence-corrected chi connectivity index (χ3v) is 3.82. The predicted octanol–water partition coefficient (Wildman–Crippen LogP) is 5.81. The summed E-state index contributed by atoms with van der Waals surface area (Å²) in [6.45, 7) is 4.61. The molecule has 16 heavy (non-hydrogen) atoms. The molecule has 0 aromatic carbocycles. The summed E-state index contributed by atoms with van der Waals surface area (Å²) in [6, 6.07) is 0. The van der Waals surface area contributed by atoms with E-state index in [1.807, 2.05) is 0 Å². The van der Waals surface area contributed by atoms with Crippen molar-refractivity contribution >= 4 is 9.24 Å². The summed E-state index contributed by atoms with van der Waals surface area (Å²) in [5, 5.41) is 0.